The fourth-order valence-electron chi connectivity index (χ4n) is 4.24. The topological polar surface area (TPSA) is 23.5 Å². The van der Waals surface area contributed by atoms with Crippen LogP contribution in [0, 0.1) is 0 Å². The molecule has 0 radical (unpaired) electrons. The van der Waals surface area contributed by atoms with Crippen molar-refractivity contribution in [2.24, 2.45) is 0 Å². The predicted octanol–water partition coefficient (Wildman–Crippen LogP) is 8.86. The lowest BCUT2D eigenvalue weighted by atomic mass is 10.1. The van der Waals surface area contributed by atoms with E-state index in [2.05, 4.69) is 25.7 Å². The lowest BCUT2D eigenvalue weighted by Gasteiger charge is -2.28. The first kappa shape index (κ1) is 28.9. The number of hydrogen-bond donors (Lipinski definition) is 1. The minimum absolute atomic E-state index is 0.207. The highest BCUT2D eigenvalue weighted by molar-refractivity contribution is 4.64. The molecule has 0 aliphatic carbocycles. The third-order valence-electron chi connectivity index (χ3n) is 6.34. The van der Waals surface area contributed by atoms with E-state index in [1.165, 1.54) is 128 Å². The van der Waals surface area contributed by atoms with Crippen LogP contribution < -0.4 is 0 Å². The van der Waals surface area contributed by atoms with Crippen molar-refractivity contribution in [3.63, 3.8) is 0 Å². The van der Waals surface area contributed by atoms with Crippen LogP contribution in [-0.4, -0.2) is 29.3 Å². The summed E-state index contributed by atoms with van der Waals surface area (Å²) >= 11 is 0. The molecule has 0 aliphatic rings. The van der Waals surface area contributed by atoms with Crippen molar-refractivity contribution in [1.29, 1.82) is 0 Å². The van der Waals surface area contributed by atoms with E-state index in [9.17, 15) is 5.11 Å². The van der Waals surface area contributed by atoms with Gasteiger partial charge in [-0.3, -0.25) is 4.90 Å². The predicted molar refractivity (Wildman–Crippen MR) is 132 cm³/mol. The monoisotopic (exact) mass is 411 g/mol. The Morgan fingerprint density at radius 3 is 1.14 bits per heavy atom. The summed E-state index contributed by atoms with van der Waals surface area (Å²) in [4.78, 5) is 2.40. The first-order chi connectivity index (χ1) is 14.3. The van der Waals surface area contributed by atoms with Crippen LogP contribution >= 0.6 is 0 Å². The van der Waals surface area contributed by atoms with E-state index in [-0.39, 0.29) is 6.23 Å². The van der Waals surface area contributed by atoms with Crippen molar-refractivity contribution >= 4 is 0 Å². The van der Waals surface area contributed by atoms with Crippen LogP contribution in [0.2, 0.25) is 0 Å². The van der Waals surface area contributed by atoms with Gasteiger partial charge in [0.05, 0.1) is 0 Å². The van der Waals surface area contributed by atoms with Gasteiger partial charge in [0, 0.05) is 13.1 Å². The molecule has 0 fully saturated rings. The van der Waals surface area contributed by atoms with Gasteiger partial charge in [-0.1, -0.05) is 130 Å². The zero-order valence-corrected chi connectivity index (χ0v) is 20.7. The average molecular weight is 412 g/mol. The second kappa shape index (κ2) is 24.2. The quantitative estimate of drug-likeness (QED) is 0.127. The summed E-state index contributed by atoms with van der Waals surface area (Å²) in [6, 6.07) is 0. The normalized spacial score (nSPS) is 12.7. The lowest BCUT2D eigenvalue weighted by Crippen LogP contribution is -2.36. The van der Waals surface area contributed by atoms with Crippen LogP contribution in [0.3, 0.4) is 0 Å². The second-order valence-electron chi connectivity index (χ2n) is 9.32. The average Bonchev–Trinajstić information content (AvgIpc) is 2.73. The molecule has 0 aliphatic heterocycles. The molecule has 29 heavy (non-hydrogen) atoms. The molecule has 0 saturated heterocycles. The van der Waals surface area contributed by atoms with Gasteiger partial charge in [-0.25, -0.2) is 0 Å². The molecule has 0 aromatic rings. The van der Waals surface area contributed by atoms with Crippen LogP contribution in [0.4, 0.5) is 0 Å². The molecule has 0 spiro atoms. The molecular formula is C27H57NO. The van der Waals surface area contributed by atoms with Gasteiger partial charge in [0.2, 0.25) is 0 Å². The Kier molecular flexibility index (Phi) is 24.1. The van der Waals surface area contributed by atoms with Crippen LogP contribution in [-0.2, 0) is 0 Å². The summed E-state index contributed by atoms with van der Waals surface area (Å²) in [6.45, 7) is 9.03. The molecule has 0 rings (SSSR count). The largest absolute Gasteiger partial charge is 0.378 e. The number of nitrogens with zero attached hydrogens (tertiary/aromatic N) is 1. The van der Waals surface area contributed by atoms with E-state index < -0.39 is 0 Å². The van der Waals surface area contributed by atoms with Crippen molar-refractivity contribution in [1.82, 2.24) is 4.90 Å². The summed E-state index contributed by atoms with van der Waals surface area (Å²) in [5.41, 5.74) is 0. The van der Waals surface area contributed by atoms with Gasteiger partial charge in [-0.15, -0.1) is 0 Å². The highest BCUT2D eigenvalue weighted by Crippen LogP contribution is 2.15. The molecule has 0 amide bonds. The maximum Gasteiger partial charge on any atom is 0.107 e. The summed E-state index contributed by atoms with van der Waals surface area (Å²) in [6.07, 6.45) is 27.7. The molecule has 176 valence electrons. The minimum Gasteiger partial charge on any atom is -0.378 e. The van der Waals surface area contributed by atoms with Gasteiger partial charge in [0.1, 0.15) is 6.23 Å². The third-order valence-corrected chi connectivity index (χ3v) is 6.34. The molecule has 0 aromatic heterocycles. The highest BCUT2D eigenvalue weighted by atomic mass is 16.3. The van der Waals surface area contributed by atoms with Crippen LogP contribution in [0.15, 0.2) is 0 Å². The molecule has 1 unspecified atom stereocenters. The summed E-state index contributed by atoms with van der Waals surface area (Å²) in [5.74, 6) is 0. The second-order valence-corrected chi connectivity index (χ2v) is 9.32. The maximum atomic E-state index is 10.7. The Morgan fingerprint density at radius 1 is 0.448 bits per heavy atom. The molecule has 1 N–H and O–H groups in total. The molecule has 2 nitrogen and oxygen atoms in total. The van der Waals surface area contributed by atoms with Gasteiger partial charge in [0.25, 0.3) is 0 Å². The maximum absolute atomic E-state index is 10.7. The van der Waals surface area contributed by atoms with Crippen molar-refractivity contribution < 1.29 is 5.11 Å². The lowest BCUT2D eigenvalue weighted by molar-refractivity contribution is -0.00624. The molecular weight excluding hydrogens is 354 g/mol. The summed E-state index contributed by atoms with van der Waals surface area (Å²) < 4.78 is 0. The number of aliphatic hydroxyl groups excluding tert-OH is 1. The minimum atomic E-state index is -0.207. The molecule has 0 aromatic carbocycles. The van der Waals surface area contributed by atoms with Crippen LogP contribution in [0.25, 0.3) is 0 Å². The van der Waals surface area contributed by atoms with E-state index >= 15 is 0 Å². The van der Waals surface area contributed by atoms with Gasteiger partial charge >= 0.3 is 0 Å². The number of rotatable bonds is 24. The van der Waals surface area contributed by atoms with E-state index in [4.69, 9.17) is 0 Å². The van der Waals surface area contributed by atoms with Gasteiger partial charge < -0.3 is 5.11 Å². The van der Waals surface area contributed by atoms with E-state index in [1.54, 1.807) is 0 Å². The Hall–Kier alpha value is -0.0800. The van der Waals surface area contributed by atoms with Crippen LogP contribution in [0.5, 0.6) is 0 Å². The Morgan fingerprint density at radius 2 is 0.759 bits per heavy atom. The van der Waals surface area contributed by atoms with E-state index in [0.29, 0.717) is 0 Å². The van der Waals surface area contributed by atoms with E-state index in [1.807, 2.05) is 0 Å². The Balaban J connectivity index is 3.96. The molecule has 0 saturated carbocycles. The van der Waals surface area contributed by atoms with Gasteiger partial charge in [-0.2, -0.15) is 0 Å². The summed E-state index contributed by atoms with van der Waals surface area (Å²) in [7, 11) is 0. The van der Waals surface area contributed by atoms with Gasteiger partial charge in [0.15, 0.2) is 0 Å². The smallest absolute Gasteiger partial charge is 0.107 e. The summed E-state index contributed by atoms with van der Waals surface area (Å²) in [5, 5.41) is 10.7. The fourth-order valence-corrected chi connectivity index (χ4v) is 4.24. The van der Waals surface area contributed by atoms with E-state index in [0.717, 1.165) is 19.5 Å². The SMILES string of the molecule is CCCCCCCCCCN(CCCCCCCCCC)C(O)CCCCCC. The fraction of sp³-hybridized carbons (Fsp3) is 1.00. The standard InChI is InChI=1S/C27H57NO/c1-4-7-10-13-15-17-19-22-25-28(27(29)24-21-12-9-6-3)26-23-20-18-16-14-11-8-5-2/h27,29H,4-26H2,1-3H3. The number of aliphatic hydroxyl groups is 1. The van der Waals surface area contributed by atoms with Gasteiger partial charge in [-0.05, 0) is 25.7 Å². The molecule has 2 heteroatoms. The molecule has 0 heterocycles. The van der Waals surface area contributed by atoms with Crippen molar-refractivity contribution in [3.8, 4) is 0 Å². The van der Waals surface area contributed by atoms with Crippen LogP contribution in [0.1, 0.15) is 156 Å². The Labute approximate surface area is 185 Å². The Bertz CT molecular complexity index is 274. The highest BCUT2D eigenvalue weighted by Gasteiger charge is 2.14. The zero-order chi connectivity index (χ0) is 21.4. The number of hydrogen-bond acceptors (Lipinski definition) is 2. The van der Waals surface area contributed by atoms with Crippen molar-refractivity contribution in [2.45, 2.75) is 162 Å². The first-order valence-corrected chi connectivity index (χ1v) is 13.7. The zero-order valence-electron chi connectivity index (χ0n) is 20.7. The number of unbranched alkanes of at least 4 members (excludes halogenated alkanes) is 17. The molecule has 0 bridgehead atoms. The first-order valence-electron chi connectivity index (χ1n) is 13.7. The van der Waals surface area contributed by atoms with Crippen molar-refractivity contribution in [3.05, 3.63) is 0 Å². The molecule has 1 atom stereocenters. The van der Waals surface area contributed by atoms with Crippen molar-refractivity contribution in [2.75, 3.05) is 13.1 Å². The third kappa shape index (κ3) is 21.0.